The highest BCUT2D eigenvalue weighted by atomic mass is 35.5. The molecule has 20 heavy (non-hydrogen) atoms. The van der Waals surface area contributed by atoms with Gasteiger partial charge in [0, 0.05) is 28.7 Å². The Hall–Kier alpha value is -0.280. The summed E-state index contributed by atoms with van der Waals surface area (Å²) in [7, 11) is 0. The van der Waals surface area contributed by atoms with Crippen LogP contribution in [0.5, 0.6) is 0 Å². The number of halogens is 2. The lowest BCUT2D eigenvalue weighted by molar-refractivity contribution is 0.154. The molecular weight excluding hydrogens is 291 g/mol. The van der Waals surface area contributed by atoms with Gasteiger partial charge >= 0.3 is 0 Å². The summed E-state index contributed by atoms with van der Waals surface area (Å²) in [6.45, 7) is 8.24. The molecule has 0 amide bonds. The van der Waals surface area contributed by atoms with E-state index in [1.54, 1.807) is 6.07 Å². The molecule has 1 aromatic carbocycles. The highest BCUT2D eigenvalue weighted by Gasteiger charge is 2.23. The van der Waals surface area contributed by atoms with Crippen LogP contribution in [0.3, 0.4) is 0 Å². The molecule has 0 aromatic heterocycles. The Morgan fingerprint density at radius 3 is 2.40 bits per heavy atom. The first kappa shape index (κ1) is 17.8. The summed E-state index contributed by atoms with van der Waals surface area (Å²) in [4.78, 5) is 2.44. The van der Waals surface area contributed by atoms with Gasteiger partial charge in [0.2, 0.25) is 0 Å². The summed E-state index contributed by atoms with van der Waals surface area (Å²) in [5, 5.41) is 1.37. The lowest BCUT2D eigenvalue weighted by Crippen LogP contribution is -2.39. The zero-order valence-electron chi connectivity index (χ0n) is 12.7. The van der Waals surface area contributed by atoms with E-state index in [9.17, 15) is 0 Å². The molecule has 0 aliphatic rings. The van der Waals surface area contributed by atoms with Gasteiger partial charge in [-0.25, -0.2) is 0 Å². The molecule has 0 saturated carbocycles. The number of rotatable bonds is 8. The second kappa shape index (κ2) is 8.89. The zero-order valence-corrected chi connectivity index (χ0v) is 14.2. The van der Waals surface area contributed by atoms with Crippen LogP contribution < -0.4 is 5.73 Å². The van der Waals surface area contributed by atoms with Crippen LogP contribution in [0.25, 0.3) is 0 Å². The summed E-state index contributed by atoms with van der Waals surface area (Å²) >= 11 is 12.3. The first-order valence-corrected chi connectivity index (χ1v) is 8.17. The van der Waals surface area contributed by atoms with E-state index in [-0.39, 0.29) is 6.04 Å². The van der Waals surface area contributed by atoms with Gasteiger partial charge < -0.3 is 5.73 Å². The van der Waals surface area contributed by atoms with Crippen molar-refractivity contribution in [3.8, 4) is 0 Å². The van der Waals surface area contributed by atoms with Crippen molar-refractivity contribution in [2.24, 2.45) is 5.73 Å². The fourth-order valence-electron chi connectivity index (χ4n) is 2.53. The van der Waals surface area contributed by atoms with E-state index in [4.69, 9.17) is 28.9 Å². The molecule has 114 valence electrons. The van der Waals surface area contributed by atoms with Gasteiger partial charge in [0.05, 0.1) is 0 Å². The molecule has 0 spiro atoms. The number of hydrogen-bond donors (Lipinski definition) is 1. The van der Waals surface area contributed by atoms with Gasteiger partial charge in [-0.1, -0.05) is 49.0 Å². The van der Waals surface area contributed by atoms with Crippen molar-refractivity contribution in [2.45, 2.75) is 52.1 Å². The molecule has 0 radical (unpaired) electrons. The second-order valence-electron chi connectivity index (χ2n) is 5.46. The monoisotopic (exact) mass is 316 g/mol. The van der Waals surface area contributed by atoms with E-state index in [0.717, 1.165) is 12.1 Å². The number of nitrogens with two attached hydrogens (primary N) is 1. The predicted molar refractivity (Wildman–Crippen MR) is 89.6 cm³/mol. The molecule has 0 aliphatic heterocycles. The second-order valence-corrected chi connectivity index (χ2v) is 6.30. The summed E-state index contributed by atoms with van der Waals surface area (Å²) in [6, 6.07) is 6.27. The standard InChI is InChI=1S/C16H26Cl2N2/c1-4-5-6-9-20(12(2)3)16(11-19)14-8-7-13(17)10-15(14)18/h7-8,10,12,16H,4-6,9,11,19H2,1-3H3. The van der Waals surface area contributed by atoms with Gasteiger partial charge in [-0.2, -0.15) is 0 Å². The molecule has 2 N–H and O–H groups in total. The highest BCUT2D eigenvalue weighted by Crippen LogP contribution is 2.30. The number of benzene rings is 1. The van der Waals surface area contributed by atoms with Gasteiger partial charge in [-0.05, 0) is 44.5 Å². The minimum absolute atomic E-state index is 0.150. The largest absolute Gasteiger partial charge is 0.329 e. The van der Waals surface area contributed by atoms with Gasteiger partial charge in [0.1, 0.15) is 0 Å². The Bertz CT molecular complexity index is 407. The van der Waals surface area contributed by atoms with Crippen molar-refractivity contribution in [3.63, 3.8) is 0 Å². The first-order chi connectivity index (χ1) is 9.51. The van der Waals surface area contributed by atoms with Crippen LogP contribution in [0.2, 0.25) is 10.0 Å². The van der Waals surface area contributed by atoms with Crippen molar-refractivity contribution in [3.05, 3.63) is 33.8 Å². The molecule has 1 rings (SSSR count). The molecule has 0 saturated heterocycles. The molecular formula is C16H26Cl2N2. The molecule has 0 fully saturated rings. The maximum atomic E-state index is 6.35. The van der Waals surface area contributed by atoms with E-state index < -0.39 is 0 Å². The molecule has 4 heteroatoms. The Labute approximate surface area is 133 Å². The fourth-order valence-corrected chi connectivity index (χ4v) is 3.07. The number of unbranched alkanes of at least 4 members (excludes halogenated alkanes) is 2. The molecule has 0 aliphatic carbocycles. The van der Waals surface area contributed by atoms with E-state index >= 15 is 0 Å². The fraction of sp³-hybridized carbons (Fsp3) is 0.625. The third kappa shape index (κ3) is 4.92. The molecule has 1 unspecified atom stereocenters. The van der Waals surface area contributed by atoms with Crippen LogP contribution in [0, 0.1) is 0 Å². The van der Waals surface area contributed by atoms with Crippen molar-refractivity contribution in [2.75, 3.05) is 13.1 Å². The number of nitrogens with zero attached hydrogens (tertiary/aromatic N) is 1. The van der Waals surface area contributed by atoms with Crippen molar-refractivity contribution in [1.82, 2.24) is 4.90 Å². The molecule has 0 bridgehead atoms. The Morgan fingerprint density at radius 2 is 1.90 bits per heavy atom. The smallest absolute Gasteiger partial charge is 0.0487 e. The summed E-state index contributed by atoms with van der Waals surface area (Å²) < 4.78 is 0. The van der Waals surface area contributed by atoms with Crippen LogP contribution in [0.1, 0.15) is 51.6 Å². The van der Waals surface area contributed by atoms with Crippen LogP contribution >= 0.6 is 23.2 Å². The lowest BCUT2D eigenvalue weighted by Gasteiger charge is -2.35. The summed E-state index contributed by atoms with van der Waals surface area (Å²) in [5.74, 6) is 0. The average molecular weight is 317 g/mol. The Kier molecular flexibility index (Phi) is 7.90. The average Bonchev–Trinajstić information content (AvgIpc) is 2.39. The Morgan fingerprint density at radius 1 is 1.20 bits per heavy atom. The quantitative estimate of drug-likeness (QED) is 0.691. The topological polar surface area (TPSA) is 29.3 Å². The molecule has 2 nitrogen and oxygen atoms in total. The van der Waals surface area contributed by atoms with E-state index in [1.807, 2.05) is 12.1 Å². The van der Waals surface area contributed by atoms with Crippen molar-refractivity contribution < 1.29 is 0 Å². The maximum Gasteiger partial charge on any atom is 0.0487 e. The normalized spacial score (nSPS) is 13.2. The van der Waals surface area contributed by atoms with Crippen LogP contribution in [0.4, 0.5) is 0 Å². The highest BCUT2D eigenvalue weighted by molar-refractivity contribution is 6.35. The third-order valence-corrected chi connectivity index (χ3v) is 4.19. The predicted octanol–water partition coefficient (Wildman–Crippen LogP) is 4.89. The molecule has 1 aromatic rings. The first-order valence-electron chi connectivity index (χ1n) is 7.42. The minimum atomic E-state index is 0.150. The SMILES string of the molecule is CCCCCN(C(C)C)C(CN)c1ccc(Cl)cc1Cl. The zero-order chi connectivity index (χ0) is 15.1. The summed E-state index contributed by atoms with van der Waals surface area (Å²) in [5.41, 5.74) is 7.09. The van der Waals surface area contributed by atoms with E-state index in [0.29, 0.717) is 22.6 Å². The van der Waals surface area contributed by atoms with Crippen LogP contribution in [-0.4, -0.2) is 24.0 Å². The maximum absolute atomic E-state index is 6.35. The van der Waals surface area contributed by atoms with Crippen LogP contribution in [0.15, 0.2) is 18.2 Å². The van der Waals surface area contributed by atoms with Crippen molar-refractivity contribution >= 4 is 23.2 Å². The van der Waals surface area contributed by atoms with Gasteiger partial charge in [-0.15, -0.1) is 0 Å². The third-order valence-electron chi connectivity index (χ3n) is 3.63. The summed E-state index contributed by atoms with van der Waals surface area (Å²) in [6.07, 6.45) is 3.66. The minimum Gasteiger partial charge on any atom is -0.329 e. The van der Waals surface area contributed by atoms with E-state index in [2.05, 4.69) is 25.7 Å². The lowest BCUT2D eigenvalue weighted by atomic mass is 10.0. The van der Waals surface area contributed by atoms with Gasteiger partial charge in [0.15, 0.2) is 0 Å². The van der Waals surface area contributed by atoms with E-state index in [1.165, 1.54) is 19.3 Å². The van der Waals surface area contributed by atoms with Gasteiger partial charge in [0.25, 0.3) is 0 Å². The van der Waals surface area contributed by atoms with Crippen molar-refractivity contribution in [1.29, 1.82) is 0 Å². The molecule has 1 atom stereocenters. The van der Waals surface area contributed by atoms with Gasteiger partial charge in [-0.3, -0.25) is 4.90 Å². The number of hydrogen-bond acceptors (Lipinski definition) is 2. The van der Waals surface area contributed by atoms with Crippen LogP contribution in [-0.2, 0) is 0 Å². The molecule has 0 heterocycles. The Balaban J connectivity index is 2.94.